The molecule has 2 nitrogen and oxygen atoms in total. The van der Waals surface area contributed by atoms with Crippen LogP contribution in [0.15, 0.2) is 24.3 Å². The zero-order chi connectivity index (χ0) is 8.27. The van der Waals surface area contributed by atoms with Gasteiger partial charge in [0.1, 0.15) is 6.29 Å². The summed E-state index contributed by atoms with van der Waals surface area (Å²) in [6.45, 7) is 1.50. The van der Waals surface area contributed by atoms with Crippen molar-refractivity contribution in [3.8, 4) is 0 Å². The highest BCUT2D eigenvalue weighted by Gasteiger charge is 1.96. The first-order chi connectivity index (χ1) is 5.24. The van der Waals surface area contributed by atoms with Crippen LogP contribution in [0.1, 0.15) is 27.6 Å². The maximum Gasteiger partial charge on any atom is 0.159 e. The lowest BCUT2D eigenvalue weighted by molar-refractivity contribution is 0.101. The molecule has 0 saturated heterocycles. The van der Waals surface area contributed by atoms with Gasteiger partial charge in [-0.3, -0.25) is 9.59 Å². The van der Waals surface area contributed by atoms with Crippen molar-refractivity contribution >= 4 is 12.1 Å². The van der Waals surface area contributed by atoms with Crippen molar-refractivity contribution in [3.05, 3.63) is 35.4 Å². The molecule has 1 aromatic carbocycles. The molecule has 0 aliphatic heterocycles. The van der Waals surface area contributed by atoms with Gasteiger partial charge in [-0.2, -0.15) is 0 Å². The first-order valence-corrected chi connectivity index (χ1v) is 3.30. The van der Waals surface area contributed by atoms with Crippen LogP contribution in [0.3, 0.4) is 0 Å². The normalized spacial score (nSPS) is 9.18. The van der Waals surface area contributed by atoms with E-state index in [0.29, 0.717) is 11.1 Å². The number of carbonyl (C=O) groups excluding carboxylic acids is 2. The molecule has 0 radical (unpaired) electrons. The van der Waals surface area contributed by atoms with Crippen LogP contribution >= 0.6 is 0 Å². The highest BCUT2D eigenvalue weighted by molar-refractivity contribution is 5.94. The molecule has 0 saturated carbocycles. The Labute approximate surface area is 64.8 Å². The summed E-state index contributed by atoms with van der Waals surface area (Å²) in [5.41, 5.74) is 1.23. The Morgan fingerprint density at radius 1 is 1.27 bits per heavy atom. The summed E-state index contributed by atoms with van der Waals surface area (Å²) >= 11 is 0. The van der Waals surface area contributed by atoms with Crippen molar-refractivity contribution in [3.63, 3.8) is 0 Å². The van der Waals surface area contributed by atoms with Crippen molar-refractivity contribution < 1.29 is 9.59 Å². The summed E-state index contributed by atoms with van der Waals surface area (Å²) in [6, 6.07) is 6.55. The van der Waals surface area contributed by atoms with Crippen LogP contribution in [0, 0.1) is 0 Å². The molecule has 0 spiro atoms. The molecular weight excluding hydrogens is 140 g/mol. The number of carbonyl (C=O) groups is 2. The second kappa shape index (κ2) is 3.10. The Balaban J connectivity index is 3.00. The fourth-order valence-electron chi connectivity index (χ4n) is 0.796. The summed E-state index contributed by atoms with van der Waals surface area (Å²) in [6.07, 6.45) is 0.754. The van der Waals surface area contributed by atoms with Gasteiger partial charge in [-0.05, 0) is 6.92 Å². The molecule has 0 heterocycles. The number of rotatable bonds is 2. The smallest absolute Gasteiger partial charge is 0.159 e. The summed E-state index contributed by atoms with van der Waals surface area (Å²) in [5, 5.41) is 0. The molecule has 0 aliphatic rings. The van der Waals surface area contributed by atoms with E-state index in [9.17, 15) is 9.59 Å². The van der Waals surface area contributed by atoms with Gasteiger partial charge in [0.05, 0.1) is 0 Å². The Hall–Kier alpha value is -1.44. The Bertz CT molecular complexity index is 272. The van der Waals surface area contributed by atoms with Crippen molar-refractivity contribution in [1.82, 2.24) is 0 Å². The molecule has 0 fully saturated rings. The van der Waals surface area contributed by atoms with Gasteiger partial charge in [0, 0.05) is 11.1 Å². The molecule has 0 amide bonds. The van der Waals surface area contributed by atoms with Gasteiger partial charge in [-0.1, -0.05) is 24.3 Å². The fraction of sp³-hybridized carbons (Fsp3) is 0.111. The van der Waals surface area contributed by atoms with Crippen LogP contribution in [0.25, 0.3) is 0 Å². The molecule has 11 heavy (non-hydrogen) atoms. The van der Waals surface area contributed by atoms with E-state index in [2.05, 4.69) is 0 Å². The van der Waals surface area contributed by atoms with Crippen LogP contribution < -0.4 is 0 Å². The van der Waals surface area contributed by atoms with E-state index in [-0.39, 0.29) is 5.78 Å². The summed E-state index contributed by atoms with van der Waals surface area (Å²) in [4.78, 5) is 21.0. The molecule has 1 aromatic rings. The van der Waals surface area contributed by atoms with E-state index < -0.39 is 0 Å². The quantitative estimate of drug-likeness (QED) is 0.472. The van der Waals surface area contributed by atoms with Crippen molar-refractivity contribution in [1.29, 1.82) is 0 Å². The average molecular weight is 148 g/mol. The van der Waals surface area contributed by atoms with Crippen LogP contribution in [-0.2, 0) is 0 Å². The zero-order valence-electron chi connectivity index (χ0n) is 6.20. The fourth-order valence-corrected chi connectivity index (χ4v) is 0.796. The monoisotopic (exact) mass is 148 g/mol. The van der Waals surface area contributed by atoms with Gasteiger partial charge in [0.15, 0.2) is 5.78 Å². The highest BCUT2D eigenvalue weighted by atomic mass is 16.1. The van der Waals surface area contributed by atoms with Crippen LogP contribution in [0.4, 0.5) is 0 Å². The molecule has 0 aliphatic carbocycles. The molecule has 0 bridgehead atoms. The Morgan fingerprint density at radius 3 is 2.18 bits per heavy atom. The first-order valence-electron chi connectivity index (χ1n) is 3.30. The molecular formula is C9H8O2. The maximum atomic E-state index is 10.8. The third-order valence-corrected chi connectivity index (χ3v) is 1.45. The van der Waals surface area contributed by atoms with Gasteiger partial charge in [-0.25, -0.2) is 0 Å². The lowest BCUT2D eigenvalue weighted by Crippen LogP contribution is -1.91. The van der Waals surface area contributed by atoms with Crippen molar-refractivity contribution in [2.75, 3.05) is 0 Å². The SMILES string of the molecule is CC(=O)c1ccc(C=O)cc1. The number of Topliss-reactive ketones (excluding diaryl/α,β-unsaturated/α-hetero) is 1. The second-order valence-electron chi connectivity index (χ2n) is 2.30. The molecule has 0 N–H and O–H groups in total. The summed E-state index contributed by atoms with van der Waals surface area (Å²) in [5.74, 6) is 0.0162. The topological polar surface area (TPSA) is 34.1 Å². The third-order valence-electron chi connectivity index (χ3n) is 1.45. The van der Waals surface area contributed by atoms with Gasteiger partial charge >= 0.3 is 0 Å². The number of benzene rings is 1. The van der Waals surface area contributed by atoms with E-state index in [1.807, 2.05) is 0 Å². The number of aldehydes is 1. The number of hydrogen-bond donors (Lipinski definition) is 0. The van der Waals surface area contributed by atoms with Crippen LogP contribution in [0.5, 0.6) is 0 Å². The maximum absolute atomic E-state index is 10.8. The van der Waals surface area contributed by atoms with Gasteiger partial charge in [0.25, 0.3) is 0 Å². The van der Waals surface area contributed by atoms with Gasteiger partial charge < -0.3 is 0 Å². The van der Waals surface area contributed by atoms with Gasteiger partial charge in [-0.15, -0.1) is 0 Å². The number of ketones is 1. The van der Waals surface area contributed by atoms with Crippen LogP contribution in [-0.4, -0.2) is 12.1 Å². The van der Waals surface area contributed by atoms with Crippen molar-refractivity contribution in [2.45, 2.75) is 6.92 Å². The molecule has 0 aromatic heterocycles. The molecule has 0 unspecified atom stereocenters. The second-order valence-corrected chi connectivity index (χ2v) is 2.30. The average Bonchev–Trinajstić information content (AvgIpc) is 2.05. The Kier molecular flexibility index (Phi) is 2.16. The summed E-state index contributed by atoms with van der Waals surface area (Å²) < 4.78 is 0. The minimum absolute atomic E-state index is 0.0162. The predicted octanol–water partition coefficient (Wildman–Crippen LogP) is 1.70. The van der Waals surface area contributed by atoms with Gasteiger partial charge in [0.2, 0.25) is 0 Å². The molecule has 1 rings (SSSR count). The largest absolute Gasteiger partial charge is 0.298 e. The van der Waals surface area contributed by atoms with Crippen LogP contribution in [0.2, 0.25) is 0 Å². The third kappa shape index (κ3) is 1.74. The zero-order valence-corrected chi connectivity index (χ0v) is 6.20. The Morgan fingerprint density at radius 2 is 1.82 bits per heavy atom. The van der Waals surface area contributed by atoms with E-state index in [0.717, 1.165) is 6.29 Å². The predicted molar refractivity (Wildman–Crippen MR) is 41.8 cm³/mol. The minimum Gasteiger partial charge on any atom is -0.298 e. The number of hydrogen-bond acceptors (Lipinski definition) is 2. The molecule has 2 heteroatoms. The van der Waals surface area contributed by atoms with Crippen molar-refractivity contribution in [2.24, 2.45) is 0 Å². The lowest BCUT2D eigenvalue weighted by Gasteiger charge is -1.93. The standard InChI is InChI=1S/C9H8O2/c1-7(11)9-4-2-8(6-10)3-5-9/h2-6H,1H3. The van der Waals surface area contributed by atoms with E-state index in [1.165, 1.54) is 6.92 Å². The molecule has 0 atom stereocenters. The first kappa shape index (κ1) is 7.66. The van der Waals surface area contributed by atoms with E-state index in [1.54, 1.807) is 24.3 Å². The van der Waals surface area contributed by atoms with E-state index >= 15 is 0 Å². The lowest BCUT2D eigenvalue weighted by atomic mass is 10.1. The highest BCUT2D eigenvalue weighted by Crippen LogP contribution is 2.02. The molecule has 56 valence electrons. The van der Waals surface area contributed by atoms with E-state index in [4.69, 9.17) is 0 Å². The summed E-state index contributed by atoms with van der Waals surface area (Å²) in [7, 11) is 0. The minimum atomic E-state index is 0.0162.